The van der Waals surface area contributed by atoms with Crippen LogP contribution < -0.4 is 10.2 Å². The molecule has 1 unspecified atom stereocenters. The number of anilines is 1. The zero-order valence-corrected chi connectivity index (χ0v) is 25.4. The highest BCUT2D eigenvalue weighted by Crippen LogP contribution is 2.30. The van der Waals surface area contributed by atoms with Crippen molar-refractivity contribution in [3.05, 3.63) is 105 Å². The fourth-order valence-electron chi connectivity index (χ4n) is 5.99. The fraction of sp³-hybridized carbons (Fsp3) is 0.333. The van der Waals surface area contributed by atoms with E-state index in [-0.39, 0.29) is 23.8 Å². The maximum Gasteiger partial charge on any atom is 0.264 e. The largest absolute Gasteiger partial charge is 0.368 e. The molecule has 1 saturated heterocycles. The first-order valence-electron chi connectivity index (χ1n) is 14.7. The lowest BCUT2D eigenvalue weighted by atomic mass is 10.0. The molecule has 220 valence electrons. The van der Waals surface area contributed by atoms with E-state index in [0.29, 0.717) is 34.4 Å². The normalized spacial score (nSPS) is 16.2. The van der Waals surface area contributed by atoms with Crippen molar-refractivity contribution >= 4 is 40.4 Å². The molecule has 2 amide bonds. The van der Waals surface area contributed by atoms with Crippen molar-refractivity contribution in [3.8, 4) is 6.07 Å². The molecule has 1 aliphatic heterocycles. The number of thiophene rings is 1. The summed E-state index contributed by atoms with van der Waals surface area (Å²) in [4.78, 5) is 35.5. The van der Waals surface area contributed by atoms with Crippen LogP contribution in [-0.2, 0) is 11.3 Å². The molecule has 2 aliphatic rings. The van der Waals surface area contributed by atoms with Crippen molar-refractivity contribution in [1.82, 2.24) is 19.8 Å². The number of carbonyl (C=O) groups is 2. The quantitative estimate of drug-likeness (QED) is 0.268. The Kier molecular flexibility index (Phi) is 8.77. The summed E-state index contributed by atoms with van der Waals surface area (Å²) in [6.07, 6.45) is 7.66. The predicted molar refractivity (Wildman–Crippen MR) is 168 cm³/mol. The number of rotatable bonds is 8. The molecule has 2 aromatic heterocycles. The van der Waals surface area contributed by atoms with Gasteiger partial charge < -0.3 is 19.7 Å². The topological polar surface area (TPSA) is 94.3 Å². The highest BCUT2D eigenvalue weighted by atomic mass is 35.5. The van der Waals surface area contributed by atoms with Crippen LogP contribution in [0.1, 0.15) is 63.8 Å². The van der Waals surface area contributed by atoms with Gasteiger partial charge in [0.1, 0.15) is 0 Å². The number of benzene rings is 2. The number of halogens is 1. The van der Waals surface area contributed by atoms with Crippen molar-refractivity contribution in [1.29, 1.82) is 5.26 Å². The Morgan fingerprint density at radius 3 is 2.37 bits per heavy atom. The van der Waals surface area contributed by atoms with Crippen LogP contribution in [0, 0.1) is 17.2 Å². The van der Waals surface area contributed by atoms with Gasteiger partial charge in [0.15, 0.2) is 0 Å². The number of hydrogen-bond donors (Lipinski definition) is 1. The molecule has 1 N–H and O–H groups in total. The Hall–Kier alpha value is -4.13. The summed E-state index contributed by atoms with van der Waals surface area (Å²) in [5.41, 5.74) is 4.65. The van der Waals surface area contributed by atoms with Crippen LogP contribution in [0.25, 0.3) is 0 Å². The summed E-state index contributed by atoms with van der Waals surface area (Å²) < 4.78 is 2.68. The van der Waals surface area contributed by atoms with Gasteiger partial charge in [-0.05, 0) is 60.4 Å². The monoisotopic (exact) mass is 612 g/mol. The van der Waals surface area contributed by atoms with Crippen molar-refractivity contribution in [2.24, 2.45) is 5.92 Å². The van der Waals surface area contributed by atoms with Crippen molar-refractivity contribution in [2.75, 3.05) is 31.1 Å². The Morgan fingerprint density at radius 2 is 1.72 bits per heavy atom. The van der Waals surface area contributed by atoms with Gasteiger partial charge in [0.2, 0.25) is 5.91 Å². The number of imidazole rings is 1. The number of amides is 2. The first-order valence-corrected chi connectivity index (χ1v) is 15.9. The maximum atomic E-state index is 13.3. The van der Waals surface area contributed by atoms with E-state index in [1.165, 1.54) is 11.3 Å². The maximum absolute atomic E-state index is 13.3. The summed E-state index contributed by atoms with van der Waals surface area (Å²) in [5.74, 6) is 0.164. The van der Waals surface area contributed by atoms with Gasteiger partial charge in [-0.2, -0.15) is 5.26 Å². The van der Waals surface area contributed by atoms with E-state index >= 15 is 0 Å². The van der Waals surface area contributed by atoms with Gasteiger partial charge in [-0.15, -0.1) is 11.3 Å². The predicted octanol–water partition coefficient (Wildman–Crippen LogP) is 5.88. The van der Waals surface area contributed by atoms with Crippen LogP contribution in [0.4, 0.5) is 5.69 Å². The molecule has 1 saturated carbocycles. The molecule has 2 aromatic carbocycles. The molecule has 4 aromatic rings. The molecule has 43 heavy (non-hydrogen) atoms. The Bertz CT molecular complexity index is 1610. The molecule has 2 fully saturated rings. The van der Waals surface area contributed by atoms with Gasteiger partial charge in [-0.25, -0.2) is 4.98 Å². The van der Waals surface area contributed by atoms with Gasteiger partial charge in [-0.1, -0.05) is 48.7 Å². The molecule has 0 bridgehead atoms. The van der Waals surface area contributed by atoms with Crippen molar-refractivity contribution in [2.45, 2.75) is 38.3 Å². The number of piperazine rings is 1. The smallest absolute Gasteiger partial charge is 0.264 e. The molecule has 1 aliphatic carbocycles. The third-order valence-electron chi connectivity index (χ3n) is 8.43. The molecule has 8 nitrogen and oxygen atoms in total. The summed E-state index contributed by atoms with van der Waals surface area (Å²) >= 11 is 7.35. The number of nitrogens with one attached hydrogen (secondary N) is 1. The minimum atomic E-state index is -0.352. The number of nitriles is 1. The molecular weight excluding hydrogens is 580 g/mol. The van der Waals surface area contributed by atoms with E-state index in [0.717, 1.165) is 61.3 Å². The molecule has 6 rings (SSSR count). The molecular formula is C33H33ClN6O2S. The Labute approximate surface area is 260 Å². The number of hydrogen-bond acceptors (Lipinski definition) is 6. The Balaban J connectivity index is 1.19. The molecule has 3 heterocycles. The van der Waals surface area contributed by atoms with Crippen LogP contribution in [0.2, 0.25) is 4.34 Å². The third kappa shape index (κ3) is 6.61. The molecule has 0 radical (unpaired) electrons. The second kappa shape index (κ2) is 13.0. The lowest BCUT2D eigenvalue weighted by Gasteiger charge is -2.36. The number of nitrogens with zero attached hydrogens (tertiary/aromatic N) is 5. The van der Waals surface area contributed by atoms with E-state index in [1.54, 1.807) is 18.5 Å². The zero-order valence-electron chi connectivity index (χ0n) is 23.8. The summed E-state index contributed by atoms with van der Waals surface area (Å²) in [6.45, 7) is 3.35. The van der Waals surface area contributed by atoms with Crippen LogP contribution in [0.5, 0.6) is 0 Å². The highest BCUT2D eigenvalue weighted by molar-refractivity contribution is 7.17. The first kappa shape index (κ1) is 29.0. The number of aromatic nitrogens is 2. The van der Waals surface area contributed by atoms with Gasteiger partial charge in [0.05, 0.1) is 45.1 Å². The van der Waals surface area contributed by atoms with Gasteiger partial charge in [-0.3, -0.25) is 9.59 Å². The SMILES string of the molecule is N#Cc1ccc(Cn2cncc2C(NC(=O)C2CCCC2)c2ccc(N3CCN(C(=O)c4ccc(Cl)s4)CC3)cc2)cc1. The summed E-state index contributed by atoms with van der Waals surface area (Å²) in [6, 6.07) is 21.3. The summed E-state index contributed by atoms with van der Waals surface area (Å²) in [5, 5.41) is 12.5. The minimum Gasteiger partial charge on any atom is -0.368 e. The second-order valence-corrected chi connectivity index (χ2v) is 12.9. The van der Waals surface area contributed by atoms with Crippen molar-refractivity contribution in [3.63, 3.8) is 0 Å². The average Bonchev–Trinajstić information content (AvgIpc) is 3.83. The zero-order chi connectivity index (χ0) is 29.8. The fourth-order valence-corrected chi connectivity index (χ4v) is 7.00. The Morgan fingerprint density at radius 1 is 1.00 bits per heavy atom. The molecule has 0 spiro atoms. The van der Waals surface area contributed by atoms with E-state index in [2.05, 4.69) is 50.1 Å². The van der Waals surface area contributed by atoms with Gasteiger partial charge >= 0.3 is 0 Å². The molecule has 1 atom stereocenters. The van der Waals surface area contributed by atoms with Crippen LogP contribution in [-0.4, -0.2) is 52.4 Å². The van der Waals surface area contributed by atoms with Gasteiger partial charge in [0.25, 0.3) is 5.91 Å². The average molecular weight is 613 g/mol. The lowest BCUT2D eigenvalue weighted by molar-refractivity contribution is -0.125. The van der Waals surface area contributed by atoms with E-state index in [1.807, 2.05) is 35.4 Å². The van der Waals surface area contributed by atoms with Crippen LogP contribution in [0.15, 0.2) is 73.2 Å². The van der Waals surface area contributed by atoms with Gasteiger partial charge in [0, 0.05) is 44.3 Å². The van der Waals surface area contributed by atoms with E-state index in [4.69, 9.17) is 16.9 Å². The van der Waals surface area contributed by atoms with E-state index in [9.17, 15) is 9.59 Å². The third-order valence-corrected chi connectivity index (χ3v) is 9.65. The van der Waals surface area contributed by atoms with Crippen molar-refractivity contribution < 1.29 is 9.59 Å². The van der Waals surface area contributed by atoms with Crippen LogP contribution >= 0.6 is 22.9 Å². The highest BCUT2D eigenvalue weighted by Gasteiger charge is 2.28. The summed E-state index contributed by atoms with van der Waals surface area (Å²) in [7, 11) is 0. The molecule has 10 heteroatoms. The van der Waals surface area contributed by atoms with Crippen LogP contribution in [0.3, 0.4) is 0 Å². The lowest BCUT2D eigenvalue weighted by Crippen LogP contribution is -2.48. The number of carbonyl (C=O) groups excluding carboxylic acids is 2. The first-order chi connectivity index (χ1) is 21.0. The van der Waals surface area contributed by atoms with E-state index < -0.39 is 0 Å². The standard InChI is InChI=1S/C33H33ClN6O2S/c34-30-14-13-29(43-30)33(42)39-17-15-38(16-18-39)27-11-9-25(10-12-27)31(37-32(41)26-3-1-2-4-26)28-20-36-22-40(28)21-24-7-5-23(19-35)6-8-24/h5-14,20,22,26,31H,1-4,15-18,21H2,(H,37,41). The minimum absolute atomic E-state index is 0.0327. The second-order valence-electron chi connectivity index (χ2n) is 11.2.